The Morgan fingerprint density at radius 1 is 1.23 bits per heavy atom. The topological polar surface area (TPSA) is 64.4 Å². The zero-order chi connectivity index (χ0) is 21.3. The SMILES string of the molecule is CCn1cc(C(=O)N2CCSCC2c2ccc(OC)cc2)c(=O)c2ccc(C)nc21. The molecule has 1 atom stereocenters. The summed E-state index contributed by atoms with van der Waals surface area (Å²) in [5.41, 5.74) is 2.47. The Morgan fingerprint density at radius 2 is 2.00 bits per heavy atom. The molecule has 0 bridgehead atoms. The lowest BCUT2D eigenvalue weighted by molar-refractivity contribution is 0.0699. The first kappa shape index (κ1) is 20.5. The first-order valence-electron chi connectivity index (χ1n) is 10.1. The predicted molar refractivity (Wildman–Crippen MR) is 121 cm³/mol. The molecule has 6 nitrogen and oxygen atoms in total. The maximum Gasteiger partial charge on any atom is 0.259 e. The molecule has 3 aromatic rings. The van der Waals surface area contributed by atoms with E-state index in [1.807, 2.05) is 65.4 Å². The maximum atomic E-state index is 13.6. The Morgan fingerprint density at radius 3 is 2.70 bits per heavy atom. The number of aromatic nitrogens is 2. The number of methoxy groups -OCH3 is 1. The summed E-state index contributed by atoms with van der Waals surface area (Å²) in [4.78, 5) is 33.1. The lowest BCUT2D eigenvalue weighted by atomic mass is 10.0. The van der Waals surface area contributed by atoms with Gasteiger partial charge in [-0.05, 0) is 43.7 Å². The van der Waals surface area contributed by atoms with Crippen molar-refractivity contribution in [2.24, 2.45) is 0 Å². The van der Waals surface area contributed by atoms with Crippen molar-refractivity contribution < 1.29 is 9.53 Å². The number of aryl methyl sites for hydroxylation is 2. The van der Waals surface area contributed by atoms with Crippen molar-refractivity contribution in [2.75, 3.05) is 25.2 Å². The summed E-state index contributed by atoms with van der Waals surface area (Å²) in [5, 5.41) is 0.487. The second-order valence-corrected chi connectivity index (χ2v) is 8.49. The van der Waals surface area contributed by atoms with Gasteiger partial charge in [-0.25, -0.2) is 4.98 Å². The van der Waals surface area contributed by atoms with Crippen LogP contribution in [0.5, 0.6) is 5.75 Å². The average Bonchev–Trinajstić information content (AvgIpc) is 2.79. The normalized spacial score (nSPS) is 16.6. The van der Waals surface area contributed by atoms with Crippen LogP contribution in [0.25, 0.3) is 11.0 Å². The van der Waals surface area contributed by atoms with Gasteiger partial charge in [-0.3, -0.25) is 9.59 Å². The number of carbonyl (C=O) groups excluding carboxylic acids is 1. The Kier molecular flexibility index (Phi) is 5.81. The van der Waals surface area contributed by atoms with Gasteiger partial charge >= 0.3 is 0 Å². The summed E-state index contributed by atoms with van der Waals surface area (Å²) in [6, 6.07) is 11.3. The minimum Gasteiger partial charge on any atom is -0.497 e. The van der Waals surface area contributed by atoms with E-state index in [0.717, 1.165) is 28.5 Å². The number of rotatable bonds is 4. The van der Waals surface area contributed by atoms with E-state index >= 15 is 0 Å². The molecule has 4 rings (SSSR count). The molecule has 0 spiro atoms. The standard InChI is InChI=1S/C23H25N3O3S/c1-4-25-13-19(21(27)18-10-5-15(2)24-22(18)25)23(28)26-11-12-30-14-20(26)16-6-8-17(29-3)9-7-16/h5-10,13,20H,4,11-12,14H2,1-3H3. The second-order valence-electron chi connectivity index (χ2n) is 7.34. The summed E-state index contributed by atoms with van der Waals surface area (Å²) in [7, 11) is 1.64. The molecule has 30 heavy (non-hydrogen) atoms. The number of benzene rings is 1. The van der Waals surface area contributed by atoms with E-state index in [1.54, 1.807) is 19.4 Å². The molecule has 0 radical (unpaired) electrons. The van der Waals surface area contributed by atoms with Gasteiger partial charge < -0.3 is 14.2 Å². The van der Waals surface area contributed by atoms with Crippen molar-refractivity contribution in [2.45, 2.75) is 26.4 Å². The van der Waals surface area contributed by atoms with Crippen LogP contribution >= 0.6 is 11.8 Å². The van der Waals surface area contributed by atoms with Gasteiger partial charge in [-0.15, -0.1) is 0 Å². The van der Waals surface area contributed by atoms with Crippen LogP contribution in [0.3, 0.4) is 0 Å². The summed E-state index contributed by atoms with van der Waals surface area (Å²) in [5.74, 6) is 2.22. The van der Waals surface area contributed by atoms with Crippen LogP contribution in [0.4, 0.5) is 0 Å². The van der Waals surface area contributed by atoms with E-state index in [4.69, 9.17) is 4.74 Å². The summed E-state index contributed by atoms with van der Waals surface area (Å²) in [6.45, 7) is 5.12. The molecule has 3 heterocycles. The molecule has 1 amide bonds. The zero-order valence-electron chi connectivity index (χ0n) is 17.4. The fourth-order valence-corrected chi connectivity index (χ4v) is 4.95. The van der Waals surface area contributed by atoms with Crippen LogP contribution in [0, 0.1) is 6.92 Å². The number of nitrogens with zero attached hydrogens (tertiary/aromatic N) is 3. The van der Waals surface area contributed by atoms with Gasteiger partial charge in [0.25, 0.3) is 5.91 Å². The minimum atomic E-state index is -0.251. The van der Waals surface area contributed by atoms with Crippen LogP contribution in [0.2, 0.25) is 0 Å². The smallest absolute Gasteiger partial charge is 0.259 e. The highest BCUT2D eigenvalue weighted by atomic mass is 32.2. The third kappa shape index (κ3) is 3.69. The van der Waals surface area contributed by atoms with E-state index < -0.39 is 0 Å². The number of carbonyl (C=O) groups is 1. The van der Waals surface area contributed by atoms with E-state index in [2.05, 4.69) is 4.98 Å². The van der Waals surface area contributed by atoms with E-state index in [9.17, 15) is 9.59 Å². The summed E-state index contributed by atoms with van der Waals surface area (Å²) < 4.78 is 7.14. The molecule has 1 fully saturated rings. The molecule has 1 unspecified atom stereocenters. The maximum absolute atomic E-state index is 13.6. The molecule has 0 saturated carbocycles. The monoisotopic (exact) mass is 423 g/mol. The van der Waals surface area contributed by atoms with Crippen LogP contribution < -0.4 is 10.2 Å². The number of hydrogen-bond donors (Lipinski definition) is 0. The number of hydrogen-bond acceptors (Lipinski definition) is 5. The lowest BCUT2D eigenvalue weighted by Crippen LogP contribution is -2.42. The van der Waals surface area contributed by atoms with E-state index in [1.165, 1.54) is 0 Å². The van der Waals surface area contributed by atoms with Gasteiger partial charge in [0.2, 0.25) is 5.43 Å². The quantitative estimate of drug-likeness (QED) is 0.641. The molecule has 7 heteroatoms. The van der Waals surface area contributed by atoms with Crippen molar-refractivity contribution in [1.82, 2.24) is 14.5 Å². The molecular formula is C23H25N3O3S. The van der Waals surface area contributed by atoms with Crippen LogP contribution in [0.1, 0.15) is 34.6 Å². The van der Waals surface area contributed by atoms with Gasteiger partial charge in [-0.2, -0.15) is 11.8 Å². The molecule has 1 aromatic carbocycles. The van der Waals surface area contributed by atoms with Crippen molar-refractivity contribution in [3.8, 4) is 5.75 Å². The largest absolute Gasteiger partial charge is 0.497 e. The van der Waals surface area contributed by atoms with Crippen LogP contribution in [0.15, 0.2) is 47.4 Å². The molecule has 1 aliphatic heterocycles. The lowest BCUT2D eigenvalue weighted by Gasteiger charge is -2.36. The summed E-state index contributed by atoms with van der Waals surface area (Å²) in [6.07, 6.45) is 1.67. The first-order chi connectivity index (χ1) is 14.5. The van der Waals surface area contributed by atoms with Crippen molar-refractivity contribution in [3.05, 3.63) is 69.6 Å². The van der Waals surface area contributed by atoms with Gasteiger partial charge in [0.15, 0.2) is 0 Å². The van der Waals surface area contributed by atoms with Gasteiger partial charge in [0.1, 0.15) is 17.0 Å². The fourth-order valence-electron chi connectivity index (χ4n) is 3.86. The number of ether oxygens (including phenoxy) is 1. The number of fused-ring (bicyclic) bond motifs is 1. The zero-order valence-corrected chi connectivity index (χ0v) is 18.2. The Labute approximate surface area is 179 Å². The molecule has 0 aliphatic carbocycles. The fraction of sp³-hybridized carbons (Fsp3) is 0.348. The summed E-state index contributed by atoms with van der Waals surface area (Å²) >= 11 is 1.82. The van der Waals surface area contributed by atoms with E-state index in [-0.39, 0.29) is 22.9 Å². The number of thioether (sulfide) groups is 1. The Bertz CT molecular complexity index is 1140. The molecule has 1 saturated heterocycles. The van der Waals surface area contributed by atoms with Crippen molar-refractivity contribution in [3.63, 3.8) is 0 Å². The van der Waals surface area contributed by atoms with Gasteiger partial charge in [0, 0.05) is 36.5 Å². The van der Waals surface area contributed by atoms with Crippen LogP contribution in [-0.2, 0) is 6.54 Å². The predicted octanol–water partition coefficient (Wildman–Crippen LogP) is 3.66. The molecule has 0 N–H and O–H groups in total. The van der Waals surface area contributed by atoms with Crippen molar-refractivity contribution >= 4 is 28.7 Å². The third-order valence-electron chi connectivity index (χ3n) is 5.52. The molecule has 1 aliphatic rings. The number of amides is 1. The van der Waals surface area contributed by atoms with Crippen molar-refractivity contribution in [1.29, 1.82) is 0 Å². The second kappa shape index (κ2) is 8.52. The highest BCUT2D eigenvalue weighted by Crippen LogP contribution is 2.31. The highest BCUT2D eigenvalue weighted by Gasteiger charge is 2.31. The first-order valence-corrected chi connectivity index (χ1v) is 11.2. The number of pyridine rings is 2. The minimum absolute atomic E-state index is 0.0801. The van der Waals surface area contributed by atoms with Gasteiger partial charge in [-0.1, -0.05) is 12.1 Å². The molecule has 2 aromatic heterocycles. The Hall–Kier alpha value is -2.80. The van der Waals surface area contributed by atoms with Crippen LogP contribution in [-0.4, -0.2) is 45.5 Å². The average molecular weight is 424 g/mol. The Balaban J connectivity index is 1.76. The van der Waals surface area contributed by atoms with E-state index in [0.29, 0.717) is 24.1 Å². The molecular weight excluding hydrogens is 398 g/mol. The highest BCUT2D eigenvalue weighted by molar-refractivity contribution is 7.99. The van der Waals surface area contributed by atoms with Gasteiger partial charge in [0.05, 0.1) is 18.5 Å². The third-order valence-corrected chi connectivity index (χ3v) is 6.54. The molecule has 156 valence electrons.